The van der Waals surface area contributed by atoms with Gasteiger partial charge in [-0.1, -0.05) is 12.1 Å². The standard InChI is InChI=1S/C10H11NO2/c12-9-5-2-1-4-8(9)11-7-3-6-10(11)13/h1-2,4-5,12H,3,6-7H2. The Balaban J connectivity index is 2.34. The van der Waals surface area contributed by atoms with Crippen LogP contribution in [0.3, 0.4) is 0 Å². The van der Waals surface area contributed by atoms with Crippen LogP contribution in [0.15, 0.2) is 24.3 Å². The number of carbonyl (C=O) groups excluding carboxylic acids is 1. The number of carbonyl (C=O) groups is 1. The number of hydrogen-bond donors (Lipinski definition) is 1. The fourth-order valence-electron chi connectivity index (χ4n) is 1.60. The third-order valence-corrected chi connectivity index (χ3v) is 2.25. The van der Waals surface area contributed by atoms with Gasteiger partial charge in [-0.15, -0.1) is 0 Å². The molecule has 3 nitrogen and oxygen atoms in total. The SMILES string of the molecule is O=C1CCCN1c1ccccc1O. The first kappa shape index (κ1) is 8.10. The molecule has 0 bridgehead atoms. The highest BCUT2D eigenvalue weighted by atomic mass is 16.3. The highest BCUT2D eigenvalue weighted by Crippen LogP contribution is 2.29. The van der Waals surface area contributed by atoms with Crippen molar-refractivity contribution >= 4 is 11.6 Å². The number of para-hydroxylation sites is 2. The van der Waals surface area contributed by atoms with Crippen molar-refractivity contribution in [1.29, 1.82) is 0 Å². The summed E-state index contributed by atoms with van der Waals surface area (Å²) < 4.78 is 0. The van der Waals surface area contributed by atoms with Crippen molar-refractivity contribution in [2.75, 3.05) is 11.4 Å². The van der Waals surface area contributed by atoms with Crippen LogP contribution in [0.5, 0.6) is 5.75 Å². The number of phenols is 1. The Morgan fingerprint density at radius 3 is 2.69 bits per heavy atom. The van der Waals surface area contributed by atoms with Gasteiger partial charge < -0.3 is 10.0 Å². The average molecular weight is 177 g/mol. The summed E-state index contributed by atoms with van der Waals surface area (Å²) in [5, 5.41) is 9.49. The van der Waals surface area contributed by atoms with Gasteiger partial charge in [0.25, 0.3) is 0 Å². The molecule has 2 rings (SSSR count). The van der Waals surface area contributed by atoms with Gasteiger partial charge in [-0.3, -0.25) is 4.79 Å². The predicted molar refractivity (Wildman–Crippen MR) is 49.7 cm³/mol. The summed E-state index contributed by atoms with van der Waals surface area (Å²) in [4.78, 5) is 13.0. The van der Waals surface area contributed by atoms with Crippen LogP contribution in [0.1, 0.15) is 12.8 Å². The maximum absolute atomic E-state index is 11.3. The first-order valence-electron chi connectivity index (χ1n) is 4.37. The number of rotatable bonds is 1. The zero-order valence-electron chi connectivity index (χ0n) is 7.23. The first-order valence-corrected chi connectivity index (χ1v) is 4.37. The number of nitrogens with zero attached hydrogens (tertiary/aromatic N) is 1. The molecule has 1 N–H and O–H groups in total. The van der Waals surface area contributed by atoms with E-state index in [-0.39, 0.29) is 11.7 Å². The van der Waals surface area contributed by atoms with Gasteiger partial charge in [-0.2, -0.15) is 0 Å². The topological polar surface area (TPSA) is 40.5 Å². The third-order valence-electron chi connectivity index (χ3n) is 2.25. The molecule has 1 amide bonds. The molecule has 0 spiro atoms. The van der Waals surface area contributed by atoms with E-state index in [0.717, 1.165) is 13.0 Å². The molecule has 0 aromatic heterocycles. The van der Waals surface area contributed by atoms with Gasteiger partial charge in [0.1, 0.15) is 5.75 Å². The summed E-state index contributed by atoms with van der Waals surface area (Å²) in [5.41, 5.74) is 0.630. The Morgan fingerprint density at radius 1 is 1.31 bits per heavy atom. The van der Waals surface area contributed by atoms with Crippen molar-refractivity contribution in [2.24, 2.45) is 0 Å². The minimum absolute atomic E-state index is 0.0986. The van der Waals surface area contributed by atoms with Crippen LogP contribution in [0.25, 0.3) is 0 Å². The van der Waals surface area contributed by atoms with Crippen LogP contribution < -0.4 is 4.90 Å². The smallest absolute Gasteiger partial charge is 0.227 e. The van der Waals surface area contributed by atoms with E-state index in [9.17, 15) is 9.90 Å². The lowest BCUT2D eigenvalue weighted by molar-refractivity contribution is -0.117. The molecular weight excluding hydrogens is 166 g/mol. The first-order chi connectivity index (χ1) is 6.29. The number of amides is 1. The van der Waals surface area contributed by atoms with Crippen LogP contribution >= 0.6 is 0 Å². The minimum Gasteiger partial charge on any atom is -0.506 e. The van der Waals surface area contributed by atoms with E-state index in [4.69, 9.17) is 0 Å². The maximum atomic E-state index is 11.3. The second kappa shape index (κ2) is 3.09. The molecule has 0 saturated carbocycles. The Morgan fingerprint density at radius 2 is 2.08 bits per heavy atom. The van der Waals surface area contributed by atoms with Crippen LogP contribution in [0.4, 0.5) is 5.69 Å². The summed E-state index contributed by atoms with van der Waals surface area (Å²) in [6.07, 6.45) is 1.47. The summed E-state index contributed by atoms with van der Waals surface area (Å²) >= 11 is 0. The molecule has 0 aliphatic carbocycles. The number of hydrogen-bond acceptors (Lipinski definition) is 2. The molecule has 68 valence electrons. The molecule has 0 atom stereocenters. The Bertz CT molecular complexity index is 335. The Kier molecular flexibility index (Phi) is 1.93. The molecule has 1 aliphatic rings. The lowest BCUT2D eigenvalue weighted by atomic mass is 10.2. The largest absolute Gasteiger partial charge is 0.506 e. The van der Waals surface area contributed by atoms with Crippen LogP contribution in [-0.4, -0.2) is 17.6 Å². The molecule has 0 unspecified atom stereocenters. The lowest BCUT2D eigenvalue weighted by Gasteiger charge is -2.16. The molecule has 1 aromatic rings. The molecule has 1 heterocycles. The molecule has 1 saturated heterocycles. The minimum atomic E-state index is 0.0986. The van der Waals surface area contributed by atoms with Gasteiger partial charge in [0, 0.05) is 13.0 Å². The van der Waals surface area contributed by atoms with Crippen molar-refractivity contribution in [1.82, 2.24) is 0 Å². The van der Waals surface area contributed by atoms with E-state index in [1.807, 2.05) is 6.07 Å². The molecule has 0 radical (unpaired) electrons. The number of benzene rings is 1. The second-order valence-corrected chi connectivity index (χ2v) is 3.14. The normalized spacial score (nSPS) is 16.6. The number of anilines is 1. The summed E-state index contributed by atoms with van der Waals surface area (Å²) in [5.74, 6) is 0.277. The predicted octanol–water partition coefficient (Wildman–Crippen LogP) is 1.52. The zero-order valence-corrected chi connectivity index (χ0v) is 7.23. The molecule has 13 heavy (non-hydrogen) atoms. The summed E-state index contributed by atoms with van der Waals surface area (Å²) in [7, 11) is 0. The van der Waals surface area contributed by atoms with Crippen molar-refractivity contribution in [2.45, 2.75) is 12.8 Å². The van der Waals surface area contributed by atoms with E-state index in [1.54, 1.807) is 23.1 Å². The van der Waals surface area contributed by atoms with Crippen molar-refractivity contribution in [3.8, 4) is 5.75 Å². The second-order valence-electron chi connectivity index (χ2n) is 3.14. The molecular formula is C10H11NO2. The molecule has 1 aliphatic heterocycles. The van der Waals surface area contributed by atoms with Crippen molar-refractivity contribution in [3.63, 3.8) is 0 Å². The average Bonchev–Trinajstić information content (AvgIpc) is 2.52. The van der Waals surface area contributed by atoms with E-state index in [1.165, 1.54) is 0 Å². The fraction of sp³-hybridized carbons (Fsp3) is 0.300. The lowest BCUT2D eigenvalue weighted by Crippen LogP contribution is -2.23. The van der Waals surface area contributed by atoms with Crippen LogP contribution in [0.2, 0.25) is 0 Å². The highest BCUT2D eigenvalue weighted by Gasteiger charge is 2.23. The zero-order chi connectivity index (χ0) is 9.26. The van der Waals surface area contributed by atoms with Gasteiger partial charge in [0.15, 0.2) is 0 Å². The summed E-state index contributed by atoms with van der Waals surface area (Å²) in [6, 6.07) is 6.93. The number of aromatic hydroxyl groups is 1. The van der Waals surface area contributed by atoms with E-state index >= 15 is 0 Å². The molecule has 1 fully saturated rings. The van der Waals surface area contributed by atoms with Crippen LogP contribution in [0, 0.1) is 0 Å². The van der Waals surface area contributed by atoms with Crippen molar-refractivity contribution < 1.29 is 9.90 Å². The van der Waals surface area contributed by atoms with Crippen molar-refractivity contribution in [3.05, 3.63) is 24.3 Å². The summed E-state index contributed by atoms with van der Waals surface area (Å²) in [6.45, 7) is 0.719. The van der Waals surface area contributed by atoms with Gasteiger partial charge in [-0.05, 0) is 18.6 Å². The van der Waals surface area contributed by atoms with Gasteiger partial charge in [-0.25, -0.2) is 0 Å². The van der Waals surface area contributed by atoms with E-state index < -0.39 is 0 Å². The Labute approximate surface area is 76.6 Å². The highest BCUT2D eigenvalue weighted by molar-refractivity contribution is 5.96. The Hall–Kier alpha value is -1.51. The molecule has 3 heteroatoms. The van der Waals surface area contributed by atoms with E-state index in [0.29, 0.717) is 12.1 Å². The molecule has 1 aromatic carbocycles. The van der Waals surface area contributed by atoms with E-state index in [2.05, 4.69) is 0 Å². The monoisotopic (exact) mass is 177 g/mol. The van der Waals surface area contributed by atoms with Gasteiger partial charge >= 0.3 is 0 Å². The van der Waals surface area contributed by atoms with Gasteiger partial charge in [0.2, 0.25) is 5.91 Å². The number of phenolic OH excluding ortho intramolecular Hbond substituents is 1. The quantitative estimate of drug-likeness (QED) is 0.706. The maximum Gasteiger partial charge on any atom is 0.227 e. The van der Waals surface area contributed by atoms with Crippen LogP contribution in [-0.2, 0) is 4.79 Å². The fourth-order valence-corrected chi connectivity index (χ4v) is 1.60. The third kappa shape index (κ3) is 1.37. The van der Waals surface area contributed by atoms with Gasteiger partial charge in [0.05, 0.1) is 5.69 Å².